The van der Waals surface area contributed by atoms with Crippen molar-refractivity contribution in [1.82, 2.24) is 20.3 Å². The molecule has 5 nitrogen and oxygen atoms in total. The van der Waals surface area contributed by atoms with Gasteiger partial charge < -0.3 is 5.32 Å². The molecule has 0 aliphatic carbocycles. The van der Waals surface area contributed by atoms with Crippen molar-refractivity contribution >= 4 is 17.2 Å². The predicted octanol–water partition coefficient (Wildman–Crippen LogP) is 0.863. The van der Waals surface area contributed by atoms with Gasteiger partial charge >= 0.3 is 0 Å². The van der Waals surface area contributed by atoms with Crippen LogP contribution in [0.25, 0.3) is 0 Å². The normalized spacial score (nSPS) is 9.87. The molecule has 1 amide bonds. The van der Waals surface area contributed by atoms with Crippen LogP contribution in [0.1, 0.15) is 16.2 Å². The summed E-state index contributed by atoms with van der Waals surface area (Å²) in [7, 11) is 0. The van der Waals surface area contributed by atoms with Gasteiger partial charge in [0.15, 0.2) is 0 Å². The van der Waals surface area contributed by atoms with Crippen LogP contribution >= 0.6 is 11.3 Å². The van der Waals surface area contributed by atoms with Crippen LogP contribution in [-0.4, -0.2) is 20.9 Å². The van der Waals surface area contributed by atoms with E-state index in [1.54, 1.807) is 5.51 Å². The van der Waals surface area contributed by atoms with E-state index in [0.717, 1.165) is 5.69 Å². The lowest BCUT2D eigenvalue weighted by molar-refractivity contribution is 0.0945. The molecule has 0 fully saturated rings. The van der Waals surface area contributed by atoms with Gasteiger partial charge in [-0.1, -0.05) is 0 Å². The Morgan fingerprint density at radius 2 is 2.33 bits per heavy atom. The molecule has 0 saturated carbocycles. The van der Waals surface area contributed by atoms with Crippen LogP contribution < -0.4 is 5.32 Å². The van der Waals surface area contributed by atoms with Gasteiger partial charge in [-0.3, -0.25) is 9.78 Å². The summed E-state index contributed by atoms with van der Waals surface area (Å²) in [6.45, 7) is 0.416. The standard InChI is InChI=1S/C9H8N4OS/c14-9(8-4-10-1-2-11-8)12-3-7-5-15-6-13-7/h1-2,4-6H,3H2,(H,12,14). The first-order valence-electron chi connectivity index (χ1n) is 4.27. The highest BCUT2D eigenvalue weighted by molar-refractivity contribution is 7.07. The minimum atomic E-state index is -0.240. The molecule has 76 valence electrons. The van der Waals surface area contributed by atoms with E-state index in [4.69, 9.17) is 0 Å². The minimum Gasteiger partial charge on any atom is -0.345 e. The van der Waals surface area contributed by atoms with E-state index in [9.17, 15) is 4.79 Å². The number of carbonyl (C=O) groups is 1. The van der Waals surface area contributed by atoms with E-state index in [0.29, 0.717) is 12.2 Å². The molecule has 2 aromatic heterocycles. The number of carbonyl (C=O) groups excluding carboxylic acids is 1. The van der Waals surface area contributed by atoms with Gasteiger partial charge in [-0.15, -0.1) is 11.3 Å². The molecule has 0 aromatic carbocycles. The molecule has 0 unspecified atom stereocenters. The van der Waals surface area contributed by atoms with Crippen molar-refractivity contribution in [3.63, 3.8) is 0 Å². The van der Waals surface area contributed by atoms with Crippen LogP contribution in [0, 0.1) is 0 Å². The van der Waals surface area contributed by atoms with Crippen molar-refractivity contribution in [2.45, 2.75) is 6.54 Å². The number of aromatic nitrogens is 3. The topological polar surface area (TPSA) is 67.8 Å². The average Bonchev–Trinajstić information content (AvgIpc) is 2.80. The summed E-state index contributed by atoms with van der Waals surface area (Å²) >= 11 is 1.50. The maximum Gasteiger partial charge on any atom is 0.271 e. The quantitative estimate of drug-likeness (QED) is 0.833. The van der Waals surface area contributed by atoms with Crippen molar-refractivity contribution in [3.05, 3.63) is 40.9 Å². The molecule has 0 radical (unpaired) electrons. The molecule has 2 aromatic rings. The highest BCUT2D eigenvalue weighted by Crippen LogP contribution is 2.00. The molecule has 15 heavy (non-hydrogen) atoms. The van der Waals surface area contributed by atoms with Crippen molar-refractivity contribution in [1.29, 1.82) is 0 Å². The lowest BCUT2D eigenvalue weighted by Gasteiger charge is -2.01. The van der Waals surface area contributed by atoms with Gasteiger partial charge in [-0.25, -0.2) is 9.97 Å². The summed E-state index contributed by atoms with van der Waals surface area (Å²) in [6.07, 6.45) is 4.44. The molecule has 0 spiro atoms. The van der Waals surface area contributed by atoms with Crippen LogP contribution in [-0.2, 0) is 6.54 Å². The second-order valence-electron chi connectivity index (χ2n) is 2.75. The predicted molar refractivity (Wildman–Crippen MR) is 55.3 cm³/mol. The number of nitrogens with zero attached hydrogens (tertiary/aromatic N) is 3. The molecule has 0 aliphatic rings. The second-order valence-corrected chi connectivity index (χ2v) is 3.47. The lowest BCUT2D eigenvalue weighted by Crippen LogP contribution is -2.23. The Hall–Kier alpha value is -1.82. The molecule has 0 atom stereocenters. The van der Waals surface area contributed by atoms with Crippen molar-refractivity contribution < 1.29 is 4.79 Å². The van der Waals surface area contributed by atoms with E-state index < -0.39 is 0 Å². The van der Waals surface area contributed by atoms with Gasteiger partial charge in [-0.05, 0) is 0 Å². The Labute approximate surface area is 90.2 Å². The van der Waals surface area contributed by atoms with Crippen LogP contribution in [0.4, 0.5) is 0 Å². The fourth-order valence-corrected chi connectivity index (χ4v) is 1.56. The molecule has 0 bridgehead atoms. The summed E-state index contributed by atoms with van der Waals surface area (Å²) in [6, 6.07) is 0. The summed E-state index contributed by atoms with van der Waals surface area (Å²) in [5, 5.41) is 4.59. The lowest BCUT2D eigenvalue weighted by atomic mass is 10.4. The zero-order valence-corrected chi connectivity index (χ0v) is 8.57. The first-order valence-corrected chi connectivity index (χ1v) is 5.22. The Morgan fingerprint density at radius 1 is 1.40 bits per heavy atom. The van der Waals surface area contributed by atoms with E-state index in [2.05, 4.69) is 20.3 Å². The molecule has 6 heteroatoms. The number of nitrogens with one attached hydrogen (secondary N) is 1. The van der Waals surface area contributed by atoms with E-state index in [1.807, 2.05) is 5.38 Å². The molecular weight excluding hydrogens is 212 g/mol. The summed E-state index contributed by atoms with van der Waals surface area (Å²) in [5.41, 5.74) is 2.88. The Bertz CT molecular complexity index is 429. The van der Waals surface area contributed by atoms with Gasteiger partial charge in [0, 0.05) is 17.8 Å². The number of hydrogen-bond donors (Lipinski definition) is 1. The van der Waals surface area contributed by atoms with Gasteiger partial charge in [0.1, 0.15) is 5.69 Å². The van der Waals surface area contributed by atoms with Crippen LogP contribution in [0.15, 0.2) is 29.5 Å². The van der Waals surface area contributed by atoms with E-state index in [1.165, 1.54) is 29.9 Å². The fourth-order valence-electron chi connectivity index (χ4n) is 1.00. The van der Waals surface area contributed by atoms with Gasteiger partial charge in [0.05, 0.1) is 23.9 Å². The zero-order valence-electron chi connectivity index (χ0n) is 7.75. The number of thiazole rings is 1. The van der Waals surface area contributed by atoms with Gasteiger partial charge in [0.2, 0.25) is 0 Å². The first kappa shape index (κ1) is 9.72. The Morgan fingerprint density at radius 3 is 3.00 bits per heavy atom. The molecule has 0 saturated heterocycles. The maximum absolute atomic E-state index is 11.5. The second kappa shape index (κ2) is 4.61. The molecule has 1 N–H and O–H groups in total. The average molecular weight is 220 g/mol. The van der Waals surface area contributed by atoms with E-state index in [-0.39, 0.29) is 5.91 Å². The first-order chi connectivity index (χ1) is 7.36. The van der Waals surface area contributed by atoms with Crippen LogP contribution in [0.3, 0.4) is 0 Å². The van der Waals surface area contributed by atoms with Crippen molar-refractivity contribution in [3.8, 4) is 0 Å². The largest absolute Gasteiger partial charge is 0.345 e. The fraction of sp³-hybridized carbons (Fsp3) is 0.111. The van der Waals surface area contributed by atoms with Gasteiger partial charge in [0.25, 0.3) is 5.91 Å². The van der Waals surface area contributed by atoms with Gasteiger partial charge in [-0.2, -0.15) is 0 Å². The minimum absolute atomic E-state index is 0.240. The molecule has 2 heterocycles. The Kier molecular flexibility index (Phi) is 2.99. The maximum atomic E-state index is 11.5. The third kappa shape index (κ3) is 2.57. The Balaban J connectivity index is 1.94. The number of rotatable bonds is 3. The third-order valence-electron chi connectivity index (χ3n) is 1.71. The summed E-state index contributed by atoms with van der Waals surface area (Å²) < 4.78 is 0. The summed E-state index contributed by atoms with van der Waals surface area (Å²) in [5.74, 6) is -0.240. The van der Waals surface area contributed by atoms with E-state index >= 15 is 0 Å². The van der Waals surface area contributed by atoms with Crippen molar-refractivity contribution in [2.24, 2.45) is 0 Å². The third-order valence-corrected chi connectivity index (χ3v) is 2.34. The highest BCUT2D eigenvalue weighted by Gasteiger charge is 2.06. The zero-order chi connectivity index (χ0) is 10.5. The molecule has 2 rings (SSSR count). The molecule has 0 aliphatic heterocycles. The highest BCUT2D eigenvalue weighted by atomic mass is 32.1. The number of amides is 1. The monoisotopic (exact) mass is 220 g/mol. The van der Waals surface area contributed by atoms with Crippen LogP contribution in [0.2, 0.25) is 0 Å². The summed E-state index contributed by atoms with van der Waals surface area (Å²) in [4.78, 5) is 23.3. The van der Waals surface area contributed by atoms with Crippen molar-refractivity contribution in [2.75, 3.05) is 0 Å². The number of hydrogen-bond acceptors (Lipinski definition) is 5. The SMILES string of the molecule is O=C(NCc1cscn1)c1cnccn1. The molecular formula is C9H8N4OS. The smallest absolute Gasteiger partial charge is 0.271 e. The van der Waals surface area contributed by atoms with Crippen LogP contribution in [0.5, 0.6) is 0 Å².